The van der Waals surface area contributed by atoms with Crippen LogP contribution in [-0.2, 0) is 6.42 Å². The molecule has 4 heteroatoms. The maximum Gasteiger partial charge on any atom is 0.191 e. The zero-order valence-electron chi connectivity index (χ0n) is 12.3. The normalized spacial score (nSPS) is 19.1. The lowest BCUT2D eigenvalue weighted by Crippen LogP contribution is -2.40. The van der Waals surface area contributed by atoms with Crippen LogP contribution in [0, 0.1) is 0 Å². The molecule has 0 saturated carbocycles. The van der Waals surface area contributed by atoms with E-state index in [9.17, 15) is 0 Å². The van der Waals surface area contributed by atoms with Crippen molar-refractivity contribution in [3.8, 4) is 0 Å². The summed E-state index contributed by atoms with van der Waals surface area (Å²) < 4.78 is 0. The predicted molar refractivity (Wildman–Crippen MR) is 89.6 cm³/mol. The largest absolute Gasteiger partial charge is 0.356 e. The molecule has 110 valence electrons. The number of guanidine groups is 1. The van der Waals surface area contributed by atoms with Gasteiger partial charge in [0.25, 0.3) is 0 Å². The highest BCUT2D eigenvalue weighted by Crippen LogP contribution is 2.25. The average Bonchev–Trinajstić information content (AvgIpc) is 3.01. The molecule has 1 unspecified atom stereocenters. The first-order valence-electron chi connectivity index (χ1n) is 7.48. The molecule has 3 nitrogen and oxygen atoms in total. The zero-order valence-corrected chi connectivity index (χ0v) is 13.1. The number of nitrogens with zero attached hydrogens (tertiary/aromatic N) is 1. The van der Waals surface area contributed by atoms with Crippen molar-refractivity contribution in [3.05, 3.63) is 35.9 Å². The third-order valence-corrected chi connectivity index (χ3v) is 4.92. The molecule has 1 aromatic rings. The highest BCUT2D eigenvalue weighted by atomic mass is 32.2. The van der Waals surface area contributed by atoms with Gasteiger partial charge in [-0.2, -0.15) is 11.8 Å². The number of hydrogen-bond donors (Lipinski definition) is 2. The van der Waals surface area contributed by atoms with Gasteiger partial charge >= 0.3 is 0 Å². The van der Waals surface area contributed by atoms with Gasteiger partial charge in [0.1, 0.15) is 0 Å². The van der Waals surface area contributed by atoms with E-state index in [1.54, 1.807) is 0 Å². The quantitative estimate of drug-likeness (QED) is 0.481. The van der Waals surface area contributed by atoms with E-state index in [0.29, 0.717) is 0 Å². The summed E-state index contributed by atoms with van der Waals surface area (Å²) in [6.07, 6.45) is 4.94. The van der Waals surface area contributed by atoms with Crippen molar-refractivity contribution >= 4 is 17.7 Å². The molecular weight excluding hydrogens is 266 g/mol. The number of aliphatic imine (C=N–C) groups is 1. The summed E-state index contributed by atoms with van der Waals surface area (Å²) in [5.41, 5.74) is 1.40. The van der Waals surface area contributed by atoms with E-state index in [2.05, 4.69) is 57.7 Å². The highest BCUT2D eigenvalue weighted by molar-refractivity contribution is 8.00. The summed E-state index contributed by atoms with van der Waals surface area (Å²) >= 11 is 2.08. The van der Waals surface area contributed by atoms with Gasteiger partial charge in [0.2, 0.25) is 0 Å². The maximum atomic E-state index is 4.28. The molecule has 0 aliphatic carbocycles. The summed E-state index contributed by atoms with van der Waals surface area (Å²) in [7, 11) is 1.84. The molecule has 1 aliphatic rings. The number of rotatable bonds is 6. The molecule has 1 aliphatic heterocycles. The molecular formula is C16H25N3S. The van der Waals surface area contributed by atoms with Crippen molar-refractivity contribution in [2.75, 3.05) is 25.9 Å². The van der Waals surface area contributed by atoms with E-state index in [1.165, 1.54) is 24.2 Å². The molecule has 1 fully saturated rings. The van der Waals surface area contributed by atoms with E-state index < -0.39 is 0 Å². The summed E-state index contributed by atoms with van der Waals surface area (Å²) in [5.74, 6) is 2.25. The molecule has 20 heavy (non-hydrogen) atoms. The fourth-order valence-corrected chi connectivity index (χ4v) is 3.58. The fraction of sp³-hybridized carbons (Fsp3) is 0.562. The minimum atomic E-state index is 0.762. The summed E-state index contributed by atoms with van der Waals surface area (Å²) in [5, 5.41) is 7.58. The van der Waals surface area contributed by atoms with E-state index in [-0.39, 0.29) is 0 Å². The van der Waals surface area contributed by atoms with Crippen LogP contribution in [0.2, 0.25) is 0 Å². The molecule has 0 bridgehead atoms. The van der Waals surface area contributed by atoms with Gasteiger partial charge in [-0.15, -0.1) is 0 Å². The van der Waals surface area contributed by atoms with Gasteiger partial charge in [-0.3, -0.25) is 4.99 Å². The molecule has 0 aromatic heterocycles. The van der Waals surface area contributed by atoms with Gasteiger partial charge in [0.15, 0.2) is 5.96 Å². The number of benzene rings is 1. The van der Waals surface area contributed by atoms with Crippen molar-refractivity contribution < 1.29 is 0 Å². The van der Waals surface area contributed by atoms with Crippen molar-refractivity contribution in [2.24, 2.45) is 4.99 Å². The summed E-state index contributed by atoms with van der Waals surface area (Å²) in [4.78, 5) is 4.28. The Kier molecular flexibility index (Phi) is 6.78. The van der Waals surface area contributed by atoms with Gasteiger partial charge in [-0.25, -0.2) is 0 Å². The smallest absolute Gasteiger partial charge is 0.191 e. The third-order valence-electron chi connectivity index (χ3n) is 3.52. The van der Waals surface area contributed by atoms with Crippen LogP contribution in [0.5, 0.6) is 0 Å². The van der Waals surface area contributed by atoms with Gasteiger partial charge < -0.3 is 10.6 Å². The minimum absolute atomic E-state index is 0.762. The molecule has 0 amide bonds. The van der Waals surface area contributed by atoms with E-state index in [0.717, 1.165) is 37.1 Å². The van der Waals surface area contributed by atoms with Crippen molar-refractivity contribution in [2.45, 2.75) is 30.9 Å². The van der Waals surface area contributed by atoms with Crippen LogP contribution in [0.3, 0.4) is 0 Å². The number of nitrogens with one attached hydrogen (secondary N) is 2. The second-order valence-electron chi connectivity index (χ2n) is 5.10. The third kappa shape index (κ3) is 5.45. The van der Waals surface area contributed by atoms with Crippen LogP contribution < -0.4 is 10.6 Å². The molecule has 0 spiro atoms. The minimum Gasteiger partial charge on any atom is -0.356 e. The Morgan fingerprint density at radius 1 is 1.30 bits per heavy atom. The van der Waals surface area contributed by atoms with E-state index >= 15 is 0 Å². The molecule has 1 atom stereocenters. The number of hydrogen-bond acceptors (Lipinski definition) is 2. The molecule has 2 N–H and O–H groups in total. The van der Waals surface area contributed by atoms with Crippen LogP contribution in [0.25, 0.3) is 0 Å². The topological polar surface area (TPSA) is 36.4 Å². The standard InChI is InChI=1S/C16H25N3S/c1-17-16(19-13-15-10-6-12-20-15)18-11-5-9-14-7-3-2-4-8-14/h2-4,7-8,15H,5-6,9-13H2,1H3,(H2,17,18,19). The Bertz CT molecular complexity index is 399. The van der Waals surface area contributed by atoms with Gasteiger partial charge in [-0.1, -0.05) is 30.3 Å². The predicted octanol–water partition coefficient (Wildman–Crippen LogP) is 2.68. The van der Waals surface area contributed by atoms with Crippen molar-refractivity contribution in [1.29, 1.82) is 0 Å². The Morgan fingerprint density at radius 3 is 2.85 bits per heavy atom. The first-order chi connectivity index (χ1) is 9.88. The molecule has 1 heterocycles. The van der Waals surface area contributed by atoms with Crippen LogP contribution in [-0.4, -0.2) is 37.1 Å². The lowest BCUT2D eigenvalue weighted by Gasteiger charge is -2.14. The van der Waals surface area contributed by atoms with Crippen molar-refractivity contribution in [3.63, 3.8) is 0 Å². The van der Waals surface area contributed by atoms with Gasteiger partial charge in [-0.05, 0) is 37.0 Å². The van der Waals surface area contributed by atoms with Crippen LogP contribution >= 0.6 is 11.8 Å². The molecule has 1 saturated heterocycles. The van der Waals surface area contributed by atoms with Crippen LogP contribution in [0.4, 0.5) is 0 Å². The first kappa shape index (κ1) is 15.2. The second kappa shape index (κ2) is 8.90. The zero-order chi connectivity index (χ0) is 14.0. The Morgan fingerprint density at radius 2 is 2.15 bits per heavy atom. The van der Waals surface area contributed by atoms with Crippen molar-refractivity contribution in [1.82, 2.24) is 10.6 Å². The number of aryl methyl sites for hydroxylation is 1. The van der Waals surface area contributed by atoms with Gasteiger partial charge in [0.05, 0.1) is 0 Å². The summed E-state index contributed by atoms with van der Waals surface area (Å²) in [6, 6.07) is 10.6. The number of thioether (sulfide) groups is 1. The Balaban J connectivity index is 1.59. The summed E-state index contributed by atoms with van der Waals surface area (Å²) in [6.45, 7) is 2.00. The molecule has 1 aromatic carbocycles. The Labute approximate surface area is 126 Å². The second-order valence-corrected chi connectivity index (χ2v) is 6.51. The fourth-order valence-electron chi connectivity index (χ4n) is 2.38. The maximum absolute atomic E-state index is 4.28. The highest BCUT2D eigenvalue weighted by Gasteiger charge is 2.15. The molecule has 2 rings (SSSR count). The van der Waals surface area contributed by atoms with Crippen LogP contribution in [0.15, 0.2) is 35.3 Å². The SMILES string of the molecule is CN=C(NCCCc1ccccc1)NCC1CCCS1. The van der Waals surface area contributed by atoms with E-state index in [4.69, 9.17) is 0 Å². The van der Waals surface area contributed by atoms with Gasteiger partial charge in [0, 0.05) is 25.4 Å². The van der Waals surface area contributed by atoms with E-state index in [1.807, 2.05) is 7.05 Å². The molecule has 0 radical (unpaired) electrons. The first-order valence-corrected chi connectivity index (χ1v) is 8.53. The van der Waals surface area contributed by atoms with Crippen LogP contribution in [0.1, 0.15) is 24.8 Å². The lowest BCUT2D eigenvalue weighted by atomic mass is 10.1. The monoisotopic (exact) mass is 291 g/mol. The lowest BCUT2D eigenvalue weighted by molar-refractivity contribution is 0.710. The Hall–Kier alpha value is -1.16. The average molecular weight is 291 g/mol.